The third-order valence-corrected chi connectivity index (χ3v) is 4.82. The first-order valence-electron chi connectivity index (χ1n) is 7.08. The molecule has 0 unspecified atom stereocenters. The van der Waals surface area contributed by atoms with Gasteiger partial charge in [0.05, 0.1) is 0 Å². The first kappa shape index (κ1) is 14.5. The average Bonchev–Trinajstić information content (AvgIpc) is 2.64. The van der Waals surface area contributed by atoms with Gasteiger partial charge in [-0.15, -0.1) is 11.3 Å². The summed E-state index contributed by atoms with van der Waals surface area (Å²) in [7, 11) is 0. The fraction of sp³-hybridized carbons (Fsp3) is 0.529. The van der Waals surface area contributed by atoms with Crippen LogP contribution in [-0.2, 0) is 12.0 Å². The maximum absolute atomic E-state index is 3.48. The summed E-state index contributed by atoms with van der Waals surface area (Å²) >= 11 is 1.95. The Kier molecular flexibility index (Phi) is 4.03. The highest BCUT2D eigenvalue weighted by Crippen LogP contribution is 2.40. The van der Waals surface area contributed by atoms with Crippen LogP contribution in [0.15, 0.2) is 12.1 Å². The topological polar surface area (TPSA) is 12.0 Å². The first-order valence-corrected chi connectivity index (χ1v) is 7.90. The zero-order chi connectivity index (χ0) is 14.2. The molecule has 1 heterocycles. The van der Waals surface area contributed by atoms with Crippen LogP contribution >= 0.6 is 11.3 Å². The van der Waals surface area contributed by atoms with Gasteiger partial charge in [0.25, 0.3) is 0 Å². The van der Waals surface area contributed by atoms with E-state index in [2.05, 4.69) is 59.0 Å². The highest BCUT2D eigenvalue weighted by atomic mass is 32.1. The minimum atomic E-state index is 0.199. The molecule has 0 amide bonds. The molecule has 1 aromatic heterocycles. The maximum atomic E-state index is 3.48. The lowest BCUT2D eigenvalue weighted by molar-refractivity contribution is 0.585. The summed E-state index contributed by atoms with van der Waals surface area (Å²) < 4.78 is 1.43. The molecule has 0 spiro atoms. The predicted molar refractivity (Wildman–Crippen MR) is 87.4 cm³/mol. The van der Waals surface area contributed by atoms with Crippen molar-refractivity contribution < 1.29 is 0 Å². The van der Waals surface area contributed by atoms with Crippen LogP contribution in [0.25, 0.3) is 10.1 Å². The van der Waals surface area contributed by atoms with E-state index in [9.17, 15) is 0 Å². The summed E-state index contributed by atoms with van der Waals surface area (Å²) in [5.74, 6) is 0. The smallest absolute Gasteiger partial charge is 0.0352 e. The molecule has 1 nitrogen and oxygen atoms in total. The van der Waals surface area contributed by atoms with E-state index < -0.39 is 0 Å². The van der Waals surface area contributed by atoms with Gasteiger partial charge in [-0.25, -0.2) is 0 Å². The molecule has 0 aliphatic heterocycles. The Morgan fingerprint density at radius 2 is 1.74 bits per heavy atom. The second-order valence-corrected chi connectivity index (χ2v) is 7.50. The van der Waals surface area contributed by atoms with Crippen molar-refractivity contribution in [2.45, 2.75) is 53.5 Å². The molecule has 2 aromatic rings. The number of hydrogen-bond acceptors (Lipinski definition) is 2. The third kappa shape index (κ3) is 2.85. The van der Waals surface area contributed by atoms with E-state index >= 15 is 0 Å². The van der Waals surface area contributed by atoms with Crippen LogP contribution in [0.1, 0.15) is 49.3 Å². The second kappa shape index (κ2) is 5.26. The Labute approximate surface area is 121 Å². The highest BCUT2D eigenvalue weighted by molar-refractivity contribution is 7.19. The van der Waals surface area contributed by atoms with Gasteiger partial charge in [0.15, 0.2) is 0 Å². The molecule has 1 aromatic carbocycles. The lowest BCUT2D eigenvalue weighted by Gasteiger charge is -2.21. The van der Waals surface area contributed by atoms with Crippen LogP contribution < -0.4 is 5.32 Å². The minimum Gasteiger partial charge on any atom is -0.312 e. The second-order valence-electron chi connectivity index (χ2n) is 6.36. The number of benzene rings is 1. The largest absolute Gasteiger partial charge is 0.312 e. The number of aryl methyl sites for hydroxylation is 2. The van der Waals surface area contributed by atoms with E-state index in [1.54, 1.807) is 0 Å². The summed E-state index contributed by atoms with van der Waals surface area (Å²) in [4.78, 5) is 1.49. The van der Waals surface area contributed by atoms with Gasteiger partial charge in [0.1, 0.15) is 0 Å². The molecule has 0 atom stereocenters. The lowest BCUT2D eigenvalue weighted by Crippen LogP contribution is -2.17. The van der Waals surface area contributed by atoms with Gasteiger partial charge in [0, 0.05) is 16.1 Å². The van der Waals surface area contributed by atoms with Crippen LogP contribution in [0, 0.1) is 13.8 Å². The van der Waals surface area contributed by atoms with E-state index in [4.69, 9.17) is 0 Å². The molecule has 0 radical (unpaired) electrons. The van der Waals surface area contributed by atoms with Crippen molar-refractivity contribution >= 4 is 21.4 Å². The summed E-state index contributed by atoms with van der Waals surface area (Å²) in [6, 6.07) is 4.72. The molecule has 19 heavy (non-hydrogen) atoms. The minimum absolute atomic E-state index is 0.199. The zero-order valence-electron chi connectivity index (χ0n) is 13.0. The number of hydrogen-bond donors (Lipinski definition) is 1. The van der Waals surface area contributed by atoms with Crippen molar-refractivity contribution in [3.8, 4) is 0 Å². The number of thiophene rings is 1. The van der Waals surface area contributed by atoms with E-state index in [-0.39, 0.29) is 5.41 Å². The van der Waals surface area contributed by atoms with Crippen molar-refractivity contribution in [3.05, 3.63) is 33.7 Å². The molecule has 0 saturated carbocycles. The third-order valence-electron chi connectivity index (χ3n) is 3.66. The fourth-order valence-electron chi connectivity index (χ4n) is 2.59. The molecule has 1 N–H and O–H groups in total. The Bertz CT molecular complexity index is 587. The highest BCUT2D eigenvalue weighted by Gasteiger charge is 2.23. The Morgan fingerprint density at radius 3 is 2.32 bits per heavy atom. The van der Waals surface area contributed by atoms with Gasteiger partial charge in [0.2, 0.25) is 0 Å². The van der Waals surface area contributed by atoms with Crippen LogP contribution in [-0.4, -0.2) is 6.54 Å². The monoisotopic (exact) mass is 275 g/mol. The summed E-state index contributed by atoms with van der Waals surface area (Å²) in [6.07, 6.45) is 0. The van der Waals surface area contributed by atoms with Crippen molar-refractivity contribution in [3.63, 3.8) is 0 Å². The molecule has 104 valence electrons. The molecule has 0 aliphatic carbocycles. The Morgan fingerprint density at radius 1 is 1.11 bits per heavy atom. The standard InChI is InChI=1S/C17H25NS/c1-7-18-10-15-16(17(4,5)6)13-8-11(2)12(3)9-14(13)19-15/h8-9,18H,7,10H2,1-6H3. The van der Waals surface area contributed by atoms with Crippen molar-refractivity contribution in [1.82, 2.24) is 5.32 Å². The average molecular weight is 275 g/mol. The lowest BCUT2D eigenvalue weighted by atomic mass is 9.84. The van der Waals surface area contributed by atoms with E-state index in [0.29, 0.717) is 0 Å². The van der Waals surface area contributed by atoms with Crippen LogP contribution in [0.5, 0.6) is 0 Å². The Hall–Kier alpha value is -0.860. The molecule has 0 aliphatic rings. The normalized spacial score (nSPS) is 12.3. The predicted octanol–water partition coefficient (Wildman–Crippen LogP) is 4.93. The van der Waals surface area contributed by atoms with Crippen molar-refractivity contribution in [2.24, 2.45) is 0 Å². The molecular weight excluding hydrogens is 250 g/mol. The molecule has 0 saturated heterocycles. The van der Waals surface area contributed by atoms with E-state index in [1.165, 1.54) is 31.7 Å². The van der Waals surface area contributed by atoms with E-state index in [1.807, 2.05) is 11.3 Å². The van der Waals surface area contributed by atoms with Gasteiger partial charge in [-0.2, -0.15) is 0 Å². The van der Waals surface area contributed by atoms with Crippen molar-refractivity contribution in [1.29, 1.82) is 0 Å². The van der Waals surface area contributed by atoms with Crippen LogP contribution in [0.3, 0.4) is 0 Å². The summed E-state index contributed by atoms with van der Waals surface area (Å²) in [5.41, 5.74) is 4.51. The summed E-state index contributed by atoms with van der Waals surface area (Å²) in [6.45, 7) is 15.5. The van der Waals surface area contributed by atoms with Gasteiger partial charge >= 0.3 is 0 Å². The molecular formula is C17H25NS. The van der Waals surface area contributed by atoms with Gasteiger partial charge in [-0.05, 0) is 54.0 Å². The number of rotatable bonds is 3. The van der Waals surface area contributed by atoms with Gasteiger partial charge in [-0.1, -0.05) is 33.8 Å². The quantitative estimate of drug-likeness (QED) is 0.838. The maximum Gasteiger partial charge on any atom is 0.0352 e. The van der Waals surface area contributed by atoms with Gasteiger partial charge < -0.3 is 5.32 Å². The van der Waals surface area contributed by atoms with Gasteiger partial charge in [-0.3, -0.25) is 0 Å². The molecule has 2 rings (SSSR count). The number of fused-ring (bicyclic) bond motifs is 1. The first-order chi connectivity index (χ1) is 8.84. The van der Waals surface area contributed by atoms with Crippen LogP contribution in [0.2, 0.25) is 0 Å². The number of nitrogens with one attached hydrogen (secondary N) is 1. The zero-order valence-corrected chi connectivity index (χ0v) is 13.8. The Balaban J connectivity index is 2.67. The summed E-state index contributed by atoms with van der Waals surface area (Å²) in [5, 5.41) is 4.93. The SMILES string of the molecule is CCNCc1sc2cc(C)c(C)cc2c1C(C)(C)C. The molecule has 0 fully saturated rings. The molecule has 0 bridgehead atoms. The van der Waals surface area contributed by atoms with E-state index in [0.717, 1.165) is 13.1 Å². The van der Waals surface area contributed by atoms with Crippen LogP contribution in [0.4, 0.5) is 0 Å². The van der Waals surface area contributed by atoms with Crippen molar-refractivity contribution in [2.75, 3.05) is 6.54 Å². The fourth-order valence-corrected chi connectivity index (χ4v) is 4.05. The molecule has 2 heteroatoms.